The largest absolute Gasteiger partial charge is 0.497 e. The van der Waals surface area contributed by atoms with Crippen molar-refractivity contribution in [1.82, 2.24) is 19.7 Å². The van der Waals surface area contributed by atoms with Gasteiger partial charge in [-0.15, -0.1) is 10.2 Å². The molecule has 2 atom stereocenters. The molecule has 0 bridgehead atoms. The van der Waals surface area contributed by atoms with Crippen LogP contribution in [0.5, 0.6) is 5.75 Å². The number of halogens is 1. The first-order chi connectivity index (χ1) is 16.5. The molecule has 2 unspecified atom stereocenters. The predicted octanol–water partition coefficient (Wildman–Crippen LogP) is 4.58. The topological polar surface area (TPSA) is 69.5 Å². The van der Waals surface area contributed by atoms with Crippen LogP contribution in [0.2, 0.25) is 0 Å². The van der Waals surface area contributed by atoms with Crippen LogP contribution in [-0.2, 0) is 16.1 Å². The molecule has 0 radical (unpaired) electrons. The van der Waals surface area contributed by atoms with Gasteiger partial charge in [0, 0.05) is 19.2 Å². The molecule has 9 heteroatoms. The molecule has 2 heterocycles. The number of thioether (sulfide) groups is 1. The van der Waals surface area contributed by atoms with Crippen LogP contribution in [0.25, 0.3) is 11.4 Å². The van der Waals surface area contributed by atoms with Gasteiger partial charge >= 0.3 is 0 Å². The van der Waals surface area contributed by atoms with E-state index in [1.807, 2.05) is 35.8 Å². The minimum absolute atomic E-state index is 0.0421. The first-order valence-electron chi connectivity index (χ1n) is 11.3. The first-order valence-corrected chi connectivity index (χ1v) is 12.3. The van der Waals surface area contributed by atoms with Crippen LogP contribution in [0.3, 0.4) is 0 Å². The molecule has 1 aromatic heterocycles. The Morgan fingerprint density at radius 3 is 2.62 bits per heavy atom. The summed E-state index contributed by atoms with van der Waals surface area (Å²) in [7, 11) is 3.39. The standard InChI is InChI=1S/C25H29FN4O3S/c1-17(18-6-10-20(26)11-7-18)29(2)23(31)16-34-25-28-27-24(19-8-12-21(32-3)13-9-19)30(25)15-22-5-4-14-33-22/h6-13,17,22H,4-5,14-16H2,1-3H3. The van der Waals surface area contributed by atoms with Gasteiger partial charge < -0.3 is 14.4 Å². The summed E-state index contributed by atoms with van der Waals surface area (Å²) in [5.41, 5.74) is 1.80. The van der Waals surface area contributed by atoms with Crippen LogP contribution >= 0.6 is 11.8 Å². The lowest BCUT2D eigenvalue weighted by molar-refractivity contribution is -0.128. The average molecular weight is 485 g/mol. The van der Waals surface area contributed by atoms with Gasteiger partial charge in [-0.05, 0) is 61.7 Å². The maximum Gasteiger partial charge on any atom is 0.233 e. The average Bonchev–Trinajstić information content (AvgIpc) is 3.52. The third-order valence-electron chi connectivity index (χ3n) is 6.13. The van der Waals surface area contributed by atoms with E-state index in [-0.39, 0.29) is 29.6 Å². The Bertz CT molecular complexity index is 1100. The number of benzene rings is 2. The van der Waals surface area contributed by atoms with Gasteiger partial charge in [0.1, 0.15) is 11.6 Å². The third-order valence-corrected chi connectivity index (χ3v) is 7.08. The zero-order valence-electron chi connectivity index (χ0n) is 19.6. The molecule has 3 aromatic rings. The number of rotatable bonds is 9. The van der Waals surface area contributed by atoms with E-state index < -0.39 is 0 Å². The molecule has 180 valence electrons. The molecule has 0 N–H and O–H groups in total. The van der Waals surface area contributed by atoms with E-state index in [4.69, 9.17) is 9.47 Å². The molecule has 34 heavy (non-hydrogen) atoms. The number of carbonyl (C=O) groups is 1. The van der Waals surface area contributed by atoms with E-state index in [0.717, 1.165) is 42.1 Å². The van der Waals surface area contributed by atoms with Crippen LogP contribution in [0.15, 0.2) is 53.7 Å². The van der Waals surface area contributed by atoms with E-state index in [1.165, 1.54) is 23.9 Å². The minimum Gasteiger partial charge on any atom is -0.497 e. The van der Waals surface area contributed by atoms with Crippen LogP contribution in [0, 0.1) is 5.82 Å². The van der Waals surface area contributed by atoms with E-state index in [9.17, 15) is 9.18 Å². The fourth-order valence-corrected chi connectivity index (χ4v) is 4.79. The summed E-state index contributed by atoms with van der Waals surface area (Å²) >= 11 is 1.36. The molecule has 4 rings (SSSR count). The molecule has 2 aromatic carbocycles. The van der Waals surface area contributed by atoms with E-state index in [2.05, 4.69) is 10.2 Å². The molecule has 0 aliphatic carbocycles. The van der Waals surface area contributed by atoms with Gasteiger partial charge in [-0.2, -0.15) is 0 Å². The highest BCUT2D eigenvalue weighted by molar-refractivity contribution is 7.99. The van der Waals surface area contributed by atoms with Gasteiger partial charge in [0.25, 0.3) is 0 Å². The number of amides is 1. The number of aromatic nitrogens is 3. The summed E-state index contributed by atoms with van der Waals surface area (Å²) in [6, 6.07) is 13.7. The van der Waals surface area contributed by atoms with Gasteiger partial charge in [0.15, 0.2) is 11.0 Å². The lowest BCUT2D eigenvalue weighted by atomic mass is 10.1. The molecule has 1 aliphatic heterocycles. The molecule has 1 fully saturated rings. The van der Waals surface area contributed by atoms with Gasteiger partial charge in [0.05, 0.1) is 31.6 Å². The van der Waals surface area contributed by atoms with Crippen LogP contribution in [-0.4, -0.2) is 58.2 Å². The number of hydrogen-bond acceptors (Lipinski definition) is 6. The van der Waals surface area contributed by atoms with Gasteiger partial charge in [-0.3, -0.25) is 9.36 Å². The lowest BCUT2D eigenvalue weighted by Crippen LogP contribution is -2.31. The van der Waals surface area contributed by atoms with Crippen molar-refractivity contribution in [2.24, 2.45) is 0 Å². The Kier molecular flexibility index (Phi) is 7.84. The molecule has 0 saturated carbocycles. The Balaban J connectivity index is 1.49. The number of ether oxygens (including phenoxy) is 2. The summed E-state index contributed by atoms with van der Waals surface area (Å²) in [5.74, 6) is 1.39. The summed E-state index contributed by atoms with van der Waals surface area (Å²) < 4.78 is 26.4. The number of nitrogens with zero attached hydrogens (tertiary/aromatic N) is 4. The third kappa shape index (κ3) is 5.59. The lowest BCUT2D eigenvalue weighted by Gasteiger charge is -2.25. The van der Waals surface area contributed by atoms with Crippen molar-refractivity contribution in [1.29, 1.82) is 0 Å². The van der Waals surface area contributed by atoms with Crippen molar-refractivity contribution in [3.05, 3.63) is 59.9 Å². The first kappa shape index (κ1) is 24.2. The maximum atomic E-state index is 13.2. The Morgan fingerprint density at radius 2 is 1.97 bits per heavy atom. The molecular weight excluding hydrogens is 455 g/mol. The molecule has 1 aliphatic rings. The van der Waals surface area contributed by atoms with E-state index >= 15 is 0 Å². The summed E-state index contributed by atoms with van der Waals surface area (Å²) in [5, 5.41) is 9.51. The summed E-state index contributed by atoms with van der Waals surface area (Å²) in [6.45, 7) is 3.32. The summed E-state index contributed by atoms with van der Waals surface area (Å²) in [4.78, 5) is 14.6. The normalized spacial score (nSPS) is 16.4. The Hall–Kier alpha value is -2.91. The zero-order valence-corrected chi connectivity index (χ0v) is 20.4. The van der Waals surface area contributed by atoms with Crippen molar-refractivity contribution >= 4 is 17.7 Å². The van der Waals surface area contributed by atoms with Crippen molar-refractivity contribution < 1.29 is 18.7 Å². The van der Waals surface area contributed by atoms with Crippen molar-refractivity contribution in [3.8, 4) is 17.1 Å². The van der Waals surface area contributed by atoms with E-state index in [1.54, 1.807) is 31.2 Å². The highest BCUT2D eigenvalue weighted by Gasteiger charge is 2.24. The van der Waals surface area contributed by atoms with Crippen LogP contribution < -0.4 is 4.74 Å². The second-order valence-corrected chi connectivity index (χ2v) is 9.24. The number of carbonyl (C=O) groups excluding carboxylic acids is 1. The van der Waals surface area contributed by atoms with Crippen molar-refractivity contribution in [2.75, 3.05) is 26.5 Å². The van der Waals surface area contributed by atoms with E-state index in [0.29, 0.717) is 11.7 Å². The van der Waals surface area contributed by atoms with Crippen molar-refractivity contribution in [3.63, 3.8) is 0 Å². The number of hydrogen-bond donors (Lipinski definition) is 0. The van der Waals surface area contributed by atoms with Crippen LogP contribution in [0.4, 0.5) is 4.39 Å². The minimum atomic E-state index is -0.293. The van der Waals surface area contributed by atoms with Gasteiger partial charge in [-0.1, -0.05) is 23.9 Å². The molecule has 1 saturated heterocycles. The molecule has 7 nitrogen and oxygen atoms in total. The fraction of sp³-hybridized carbons (Fsp3) is 0.400. The maximum absolute atomic E-state index is 13.2. The highest BCUT2D eigenvalue weighted by atomic mass is 32.2. The zero-order chi connectivity index (χ0) is 24.1. The smallest absolute Gasteiger partial charge is 0.233 e. The summed E-state index contributed by atoms with van der Waals surface area (Å²) in [6.07, 6.45) is 2.13. The van der Waals surface area contributed by atoms with Gasteiger partial charge in [-0.25, -0.2) is 4.39 Å². The Labute approximate surface area is 203 Å². The SMILES string of the molecule is COc1ccc(-c2nnc(SCC(=O)N(C)C(C)c3ccc(F)cc3)n2CC2CCCO2)cc1. The monoisotopic (exact) mass is 484 g/mol. The highest BCUT2D eigenvalue weighted by Crippen LogP contribution is 2.28. The predicted molar refractivity (Wildman–Crippen MR) is 129 cm³/mol. The second kappa shape index (κ2) is 11.0. The fourth-order valence-electron chi connectivity index (χ4n) is 3.91. The second-order valence-electron chi connectivity index (χ2n) is 8.30. The van der Waals surface area contributed by atoms with Crippen LogP contribution in [0.1, 0.15) is 31.4 Å². The molecule has 0 spiro atoms. The Morgan fingerprint density at radius 1 is 1.24 bits per heavy atom. The number of methoxy groups -OCH3 is 1. The molecule has 1 amide bonds. The molecular formula is C25H29FN4O3S. The van der Waals surface area contributed by atoms with Gasteiger partial charge in [0.2, 0.25) is 5.91 Å². The van der Waals surface area contributed by atoms with Crippen molar-refractivity contribution in [2.45, 2.75) is 43.6 Å². The quantitative estimate of drug-likeness (QED) is 0.414.